The minimum absolute atomic E-state index is 0.388. The quantitative estimate of drug-likeness (QED) is 0.858. The molecule has 2 aromatic rings. The highest BCUT2D eigenvalue weighted by Gasteiger charge is 2.08. The first-order valence-corrected chi connectivity index (χ1v) is 6.10. The Labute approximate surface area is 109 Å². The second-order valence-electron chi connectivity index (χ2n) is 3.40. The maximum atomic E-state index is 5.49. The molecule has 2 rings (SSSR count). The third-order valence-electron chi connectivity index (χ3n) is 2.29. The molecule has 6 nitrogen and oxygen atoms in total. The smallest absolute Gasteiger partial charge is 0.210 e. The zero-order valence-electron chi connectivity index (χ0n) is 10.1. The van der Waals surface area contributed by atoms with E-state index in [1.807, 2.05) is 12.1 Å². The predicted octanol–water partition coefficient (Wildman–Crippen LogP) is 1.76. The van der Waals surface area contributed by atoms with Gasteiger partial charge in [0.2, 0.25) is 5.13 Å². The molecule has 0 aliphatic heterocycles. The fraction of sp³-hybridized carbons (Fsp3) is 0.273. The van der Waals surface area contributed by atoms with Crippen molar-refractivity contribution in [2.24, 2.45) is 5.73 Å². The molecule has 0 fully saturated rings. The molecule has 3 N–H and O–H groups in total. The van der Waals surface area contributed by atoms with Crippen molar-refractivity contribution in [3.05, 3.63) is 23.2 Å². The third kappa shape index (κ3) is 2.69. The molecule has 1 heterocycles. The van der Waals surface area contributed by atoms with Crippen molar-refractivity contribution < 1.29 is 9.47 Å². The molecule has 0 aliphatic rings. The van der Waals surface area contributed by atoms with Gasteiger partial charge in [0.05, 0.1) is 19.9 Å². The number of hydrogen-bond donors (Lipinski definition) is 2. The Bertz CT molecular complexity index is 530. The van der Waals surface area contributed by atoms with Crippen molar-refractivity contribution in [1.82, 2.24) is 10.2 Å². The second kappa shape index (κ2) is 5.65. The lowest BCUT2D eigenvalue weighted by molar-refractivity contribution is 0.395. The highest BCUT2D eigenvalue weighted by molar-refractivity contribution is 7.15. The average molecular weight is 266 g/mol. The monoisotopic (exact) mass is 266 g/mol. The van der Waals surface area contributed by atoms with E-state index in [1.54, 1.807) is 20.3 Å². The van der Waals surface area contributed by atoms with Crippen LogP contribution in [0.4, 0.5) is 10.8 Å². The van der Waals surface area contributed by atoms with E-state index in [9.17, 15) is 0 Å². The first-order valence-electron chi connectivity index (χ1n) is 5.28. The SMILES string of the molecule is COc1ccc(Nc2nnc(CN)s2)c(OC)c1. The zero-order chi connectivity index (χ0) is 13.0. The van der Waals surface area contributed by atoms with E-state index in [4.69, 9.17) is 15.2 Å². The lowest BCUT2D eigenvalue weighted by Gasteiger charge is -2.10. The van der Waals surface area contributed by atoms with Crippen LogP contribution in [0.15, 0.2) is 18.2 Å². The first-order chi connectivity index (χ1) is 8.76. The summed E-state index contributed by atoms with van der Waals surface area (Å²) in [6.45, 7) is 0.388. The van der Waals surface area contributed by atoms with Crippen molar-refractivity contribution >= 4 is 22.2 Å². The van der Waals surface area contributed by atoms with Gasteiger partial charge in [-0.05, 0) is 12.1 Å². The largest absolute Gasteiger partial charge is 0.497 e. The molecule has 18 heavy (non-hydrogen) atoms. The molecule has 0 aliphatic carbocycles. The van der Waals surface area contributed by atoms with Gasteiger partial charge in [0.25, 0.3) is 0 Å². The van der Waals surface area contributed by atoms with Gasteiger partial charge in [-0.3, -0.25) is 0 Å². The van der Waals surface area contributed by atoms with Crippen LogP contribution >= 0.6 is 11.3 Å². The zero-order valence-corrected chi connectivity index (χ0v) is 11.0. The van der Waals surface area contributed by atoms with E-state index in [2.05, 4.69) is 15.5 Å². The summed E-state index contributed by atoms with van der Waals surface area (Å²) in [7, 11) is 3.21. The number of nitrogens with zero attached hydrogens (tertiary/aromatic N) is 2. The molecular weight excluding hydrogens is 252 g/mol. The van der Waals surface area contributed by atoms with Gasteiger partial charge in [-0.1, -0.05) is 11.3 Å². The van der Waals surface area contributed by atoms with Gasteiger partial charge < -0.3 is 20.5 Å². The molecule has 7 heteroatoms. The number of nitrogens with one attached hydrogen (secondary N) is 1. The number of rotatable bonds is 5. The fourth-order valence-corrected chi connectivity index (χ4v) is 2.03. The van der Waals surface area contributed by atoms with Crippen LogP contribution in [0.25, 0.3) is 0 Å². The number of nitrogens with two attached hydrogens (primary N) is 1. The van der Waals surface area contributed by atoms with E-state index < -0.39 is 0 Å². The van der Waals surface area contributed by atoms with Crippen molar-refractivity contribution in [2.45, 2.75) is 6.54 Å². The number of methoxy groups -OCH3 is 2. The van der Waals surface area contributed by atoms with Crippen LogP contribution in [0, 0.1) is 0 Å². The van der Waals surface area contributed by atoms with E-state index in [0.717, 1.165) is 16.4 Å². The summed E-state index contributed by atoms with van der Waals surface area (Å²) in [5, 5.41) is 12.5. The third-order valence-corrected chi connectivity index (χ3v) is 3.15. The van der Waals surface area contributed by atoms with Crippen LogP contribution in [0.1, 0.15) is 5.01 Å². The Morgan fingerprint density at radius 1 is 1.28 bits per heavy atom. The van der Waals surface area contributed by atoms with Crippen LogP contribution < -0.4 is 20.5 Å². The standard InChI is InChI=1S/C11H14N4O2S/c1-16-7-3-4-8(9(5-7)17-2)13-11-15-14-10(6-12)18-11/h3-5H,6,12H2,1-2H3,(H,13,15). The molecule has 0 saturated carbocycles. The van der Waals surface area contributed by atoms with E-state index >= 15 is 0 Å². The molecule has 1 aromatic carbocycles. The van der Waals surface area contributed by atoms with Crippen LogP contribution in [-0.2, 0) is 6.54 Å². The van der Waals surface area contributed by atoms with Gasteiger partial charge in [0.15, 0.2) is 0 Å². The summed E-state index contributed by atoms with van der Waals surface area (Å²) < 4.78 is 10.4. The maximum absolute atomic E-state index is 5.49. The van der Waals surface area contributed by atoms with Gasteiger partial charge >= 0.3 is 0 Å². The molecule has 0 radical (unpaired) electrons. The summed E-state index contributed by atoms with van der Waals surface area (Å²) in [6, 6.07) is 5.50. The van der Waals surface area contributed by atoms with Crippen molar-refractivity contribution in [3.8, 4) is 11.5 Å². The lowest BCUT2D eigenvalue weighted by Crippen LogP contribution is -1.95. The van der Waals surface area contributed by atoms with Crippen molar-refractivity contribution in [2.75, 3.05) is 19.5 Å². The van der Waals surface area contributed by atoms with Crippen molar-refractivity contribution in [3.63, 3.8) is 0 Å². The topological polar surface area (TPSA) is 82.3 Å². The molecular formula is C11H14N4O2S. The number of anilines is 2. The summed E-state index contributed by atoms with van der Waals surface area (Å²) in [5.74, 6) is 1.41. The Morgan fingerprint density at radius 3 is 2.72 bits per heavy atom. The Morgan fingerprint density at radius 2 is 2.11 bits per heavy atom. The molecule has 0 unspecified atom stereocenters. The molecule has 0 amide bonds. The van der Waals surface area contributed by atoms with E-state index in [0.29, 0.717) is 17.4 Å². The fourth-order valence-electron chi connectivity index (χ4n) is 1.40. The van der Waals surface area contributed by atoms with Gasteiger partial charge in [-0.15, -0.1) is 10.2 Å². The maximum Gasteiger partial charge on any atom is 0.210 e. The van der Waals surface area contributed by atoms with Crippen molar-refractivity contribution in [1.29, 1.82) is 0 Å². The summed E-state index contributed by atoms with van der Waals surface area (Å²) in [6.07, 6.45) is 0. The van der Waals surface area contributed by atoms with E-state index in [-0.39, 0.29) is 0 Å². The highest BCUT2D eigenvalue weighted by atomic mass is 32.1. The van der Waals surface area contributed by atoms with Crippen LogP contribution in [-0.4, -0.2) is 24.4 Å². The first kappa shape index (κ1) is 12.6. The number of benzene rings is 1. The van der Waals surface area contributed by atoms with Gasteiger partial charge in [0, 0.05) is 12.6 Å². The molecule has 0 spiro atoms. The number of aromatic nitrogens is 2. The number of ether oxygens (including phenoxy) is 2. The van der Waals surface area contributed by atoms with Crippen LogP contribution in [0.3, 0.4) is 0 Å². The molecule has 0 bridgehead atoms. The Kier molecular flexibility index (Phi) is 3.96. The van der Waals surface area contributed by atoms with Crippen LogP contribution in [0.2, 0.25) is 0 Å². The van der Waals surface area contributed by atoms with Gasteiger partial charge in [-0.25, -0.2) is 0 Å². The summed E-state index contributed by atoms with van der Waals surface area (Å²) in [4.78, 5) is 0. The minimum atomic E-state index is 0.388. The number of hydrogen-bond acceptors (Lipinski definition) is 7. The molecule has 0 atom stereocenters. The van der Waals surface area contributed by atoms with Crippen LogP contribution in [0.5, 0.6) is 11.5 Å². The molecule has 1 aromatic heterocycles. The normalized spacial score (nSPS) is 10.2. The molecule has 0 saturated heterocycles. The van der Waals surface area contributed by atoms with Gasteiger partial charge in [-0.2, -0.15) is 0 Å². The highest BCUT2D eigenvalue weighted by Crippen LogP contribution is 2.32. The summed E-state index contributed by atoms with van der Waals surface area (Å²) in [5.41, 5.74) is 6.29. The van der Waals surface area contributed by atoms with E-state index in [1.165, 1.54) is 11.3 Å². The lowest BCUT2D eigenvalue weighted by atomic mass is 10.3. The Hall–Kier alpha value is -1.86. The minimum Gasteiger partial charge on any atom is -0.497 e. The predicted molar refractivity (Wildman–Crippen MR) is 70.6 cm³/mol. The average Bonchev–Trinajstić information content (AvgIpc) is 2.87. The molecule has 96 valence electrons. The Balaban J connectivity index is 2.22. The summed E-state index contributed by atoms with van der Waals surface area (Å²) >= 11 is 1.41. The van der Waals surface area contributed by atoms with Gasteiger partial charge in [0.1, 0.15) is 16.5 Å². The second-order valence-corrected chi connectivity index (χ2v) is 4.46.